The SMILES string of the molecule is C1CCCC1.CC1CCC([C@@H](C)N(C)C)C1P(c1ccc(C(F)(F)F)cc1)c1ccc(C(F)(F)F)cc1.[CH3-].[CH3-].[Fe+2]. The van der Waals surface area contributed by atoms with Crippen LogP contribution in [-0.4, -0.2) is 30.7 Å². The number of benzene rings is 2. The van der Waals surface area contributed by atoms with Gasteiger partial charge in [-0.25, -0.2) is 0 Å². The summed E-state index contributed by atoms with van der Waals surface area (Å²) in [6, 6.07) is 10.6. The number of rotatable bonds is 5. The Balaban J connectivity index is 0.00000171. The fourth-order valence-corrected chi connectivity index (χ4v) is 8.94. The van der Waals surface area contributed by atoms with Crippen molar-refractivity contribution in [1.82, 2.24) is 4.90 Å². The van der Waals surface area contributed by atoms with E-state index in [1.165, 1.54) is 56.4 Å². The summed E-state index contributed by atoms with van der Waals surface area (Å²) in [5.41, 5.74) is -1.28. The maximum absolute atomic E-state index is 13.1. The van der Waals surface area contributed by atoms with Crippen LogP contribution in [0.3, 0.4) is 0 Å². The van der Waals surface area contributed by atoms with Gasteiger partial charge < -0.3 is 19.8 Å². The molecular formula is C31H44F6FeNP. The minimum absolute atomic E-state index is 0. The van der Waals surface area contributed by atoms with Crippen molar-refractivity contribution in [3.05, 3.63) is 74.5 Å². The van der Waals surface area contributed by atoms with Crippen LogP contribution in [0, 0.1) is 26.7 Å². The quantitative estimate of drug-likeness (QED) is 0.138. The second kappa shape index (κ2) is 16.5. The molecule has 40 heavy (non-hydrogen) atoms. The van der Waals surface area contributed by atoms with Crippen molar-refractivity contribution < 1.29 is 43.4 Å². The summed E-state index contributed by atoms with van der Waals surface area (Å²) in [6.07, 6.45) is 0.620. The second-order valence-corrected chi connectivity index (χ2v) is 13.0. The molecule has 0 aliphatic heterocycles. The second-order valence-electron chi connectivity index (χ2n) is 10.6. The molecule has 0 saturated heterocycles. The first-order valence-corrected chi connectivity index (χ1v) is 14.5. The van der Waals surface area contributed by atoms with Crippen molar-refractivity contribution >= 4 is 18.5 Å². The molecule has 2 aromatic carbocycles. The average Bonchev–Trinajstić information content (AvgIpc) is 3.53. The van der Waals surface area contributed by atoms with Gasteiger partial charge in [-0.15, -0.1) is 0 Å². The molecule has 0 amide bonds. The molecule has 0 aromatic heterocycles. The predicted molar refractivity (Wildman–Crippen MR) is 154 cm³/mol. The van der Waals surface area contributed by atoms with Crippen molar-refractivity contribution in [2.45, 2.75) is 82.8 Å². The molecule has 228 valence electrons. The number of halogens is 6. The number of alkyl halides is 6. The molecule has 2 aliphatic rings. The van der Waals surface area contributed by atoms with Gasteiger partial charge in [0, 0.05) is 6.04 Å². The van der Waals surface area contributed by atoms with Crippen LogP contribution < -0.4 is 10.6 Å². The summed E-state index contributed by atoms with van der Waals surface area (Å²) >= 11 is 0. The average molecular weight is 632 g/mol. The molecule has 2 fully saturated rings. The van der Waals surface area contributed by atoms with E-state index >= 15 is 0 Å². The van der Waals surface area contributed by atoms with Gasteiger partial charge in [0.15, 0.2) is 0 Å². The van der Waals surface area contributed by atoms with Crippen LogP contribution in [0.1, 0.15) is 69.9 Å². The molecule has 2 saturated carbocycles. The van der Waals surface area contributed by atoms with Gasteiger partial charge in [0.05, 0.1) is 11.1 Å². The minimum atomic E-state index is -4.43. The van der Waals surface area contributed by atoms with Crippen molar-refractivity contribution in [3.8, 4) is 0 Å². The summed E-state index contributed by atoms with van der Waals surface area (Å²) in [7, 11) is 2.86. The zero-order valence-electron chi connectivity index (χ0n) is 24.4. The molecule has 3 unspecified atom stereocenters. The summed E-state index contributed by atoms with van der Waals surface area (Å²) in [5, 5.41) is 1.53. The number of hydrogen-bond acceptors (Lipinski definition) is 1. The fourth-order valence-electron chi connectivity index (χ4n) is 5.57. The first-order valence-electron chi connectivity index (χ1n) is 13.1. The minimum Gasteiger partial charge on any atom is -0.358 e. The molecule has 0 spiro atoms. The Bertz CT molecular complexity index is 906. The van der Waals surface area contributed by atoms with E-state index in [4.69, 9.17) is 0 Å². The summed E-state index contributed by atoms with van der Waals surface area (Å²) in [6.45, 7) is 4.29. The molecule has 2 aliphatic carbocycles. The molecule has 0 N–H and O–H groups in total. The van der Waals surface area contributed by atoms with Crippen LogP contribution in [0.15, 0.2) is 48.5 Å². The van der Waals surface area contributed by atoms with E-state index in [0.29, 0.717) is 11.8 Å². The molecule has 9 heteroatoms. The largest absolute Gasteiger partial charge is 2.00 e. The monoisotopic (exact) mass is 631 g/mol. The van der Waals surface area contributed by atoms with E-state index in [-0.39, 0.29) is 43.6 Å². The van der Waals surface area contributed by atoms with Crippen LogP contribution in [0.25, 0.3) is 0 Å². The topological polar surface area (TPSA) is 3.24 Å². The third-order valence-electron chi connectivity index (χ3n) is 7.90. The van der Waals surface area contributed by atoms with Crippen LogP contribution in [0.4, 0.5) is 26.3 Å². The van der Waals surface area contributed by atoms with Crippen LogP contribution in [0.2, 0.25) is 0 Å². The Kier molecular flexibility index (Phi) is 16.1. The van der Waals surface area contributed by atoms with E-state index in [1.807, 2.05) is 14.1 Å². The molecule has 0 radical (unpaired) electrons. The van der Waals surface area contributed by atoms with Gasteiger partial charge >= 0.3 is 29.4 Å². The Morgan fingerprint density at radius 1 is 0.700 bits per heavy atom. The Morgan fingerprint density at radius 3 is 1.35 bits per heavy atom. The van der Waals surface area contributed by atoms with E-state index < -0.39 is 31.4 Å². The molecular weight excluding hydrogens is 587 g/mol. The Hall–Kier alpha value is -1.07. The Morgan fingerprint density at radius 2 is 1.05 bits per heavy atom. The van der Waals surface area contributed by atoms with Crippen molar-refractivity contribution in [1.29, 1.82) is 0 Å². The molecule has 1 nitrogen and oxygen atoms in total. The summed E-state index contributed by atoms with van der Waals surface area (Å²) < 4.78 is 78.7. The van der Waals surface area contributed by atoms with Crippen molar-refractivity contribution in [2.75, 3.05) is 14.1 Å². The Labute approximate surface area is 249 Å². The summed E-state index contributed by atoms with van der Waals surface area (Å²) in [4.78, 5) is 2.14. The summed E-state index contributed by atoms with van der Waals surface area (Å²) in [5.74, 6) is 0.619. The third-order valence-corrected chi connectivity index (χ3v) is 11.1. The van der Waals surface area contributed by atoms with E-state index in [2.05, 4.69) is 18.7 Å². The zero-order valence-corrected chi connectivity index (χ0v) is 26.4. The first kappa shape index (κ1) is 38.9. The first-order chi connectivity index (χ1) is 17.3. The van der Waals surface area contributed by atoms with Crippen LogP contribution in [-0.2, 0) is 29.4 Å². The van der Waals surface area contributed by atoms with Crippen molar-refractivity contribution in [3.63, 3.8) is 0 Å². The van der Waals surface area contributed by atoms with Crippen LogP contribution in [0.5, 0.6) is 0 Å². The maximum atomic E-state index is 13.1. The maximum Gasteiger partial charge on any atom is 2.00 e. The smallest absolute Gasteiger partial charge is 0.358 e. The molecule has 0 heterocycles. The van der Waals surface area contributed by atoms with E-state index in [1.54, 1.807) is 0 Å². The van der Waals surface area contributed by atoms with Crippen molar-refractivity contribution in [2.24, 2.45) is 11.8 Å². The number of nitrogens with zero attached hydrogens (tertiary/aromatic N) is 1. The van der Waals surface area contributed by atoms with E-state index in [0.717, 1.165) is 47.7 Å². The molecule has 2 aromatic rings. The van der Waals surface area contributed by atoms with Gasteiger partial charge in [-0.3, -0.25) is 0 Å². The number of hydrogen-bond donors (Lipinski definition) is 0. The van der Waals surface area contributed by atoms with Gasteiger partial charge in [0.1, 0.15) is 0 Å². The standard InChI is InChI=1S/C24H28F6NP.C5H10.2CH3.Fe/c1-15-5-14-21(16(2)31(3)4)22(15)32(19-10-6-17(7-11-19)23(25,26)27)20-12-8-18(9-13-20)24(28,29)30;1-2-4-5-3-1;;;/h6-13,15-16,21-22H,5,14H2,1-4H3;1-5H2;2*1H3;/q;;2*-1;+2/t15?,16-,21?,22?;;;;/m1..../s1. The molecule has 4 atom stereocenters. The predicted octanol–water partition coefficient (Wildman–Crippen LogP) is 9.37. The van der Waals surface area contributed by atoms with Gasteiger partial charge in [-0.2, -0.15) is 26.3 Å². The molecule has 0 bridgehead atoms. The van der Waals surface area contributed by atoms with E-state index in [9.17, 15) is 26.3 Å². The van der Waals surface area contributed by atoms with Gasteiger partial charge in [0.2, 0.25) is 0 Å². The van der Waals surface area contributed by atoms with Gasteiger partial charge in [-0.1, -0.05) is 63.3 Å². The third kappa shape index (κ3) is 10.0. The van der Waals surface area contributed by atoms with Gasteiger partial charge in [0.25, 0.3) is 0 Å². The molecule has 4 rings (SSSR count). The van der Waals surface area contributed by atoms with Crippen LogP contribution >= 0.6 is 7.92 Å². The fraction of sp³-hybridized carbons (Fsp3) is 0.548. The van der Waals surface area contributed by atoms with Gasteiger partial charge in [-0.05, 0) is 94.2 Å². The normalized spacial score (nSPS) is 21.6. The zero-order chi connectivity index (χ0) is 27.4.